The SMILES string of the molecule is CCOC(=O)/C(=N\OCCNC(=O)OC(C)(C)C)c1csc(N)n1. The molecule has 0 saturated carbocycles. The Labute approximate surface area is 144 Å². The van der Waals surface area contributed by atoms with Crippen molar-refractivity contribution in [2.24, 2.45) is 5.16 Å². The Balaban J connectivity index is 2.54. The molecule has 0 aromatic carbocycles. The van der Waals surface area contributed by atoms with E-state index in [0.717, 1.165) is 0 Å². The molecule has 0 saturated heterocycles. The number of amides is 1. The molecule has 0 aliphatic rings. The number of oxime groups is 1. The number of alkyl carbamates (subject to hydrolysis) is 1. The third-order valence-corrected chi connectivity index (χ3v) is 2.92. The predicted molar refractivity (Wildman–Crippen MR) is 89.9 cm³/mol. The molecule has 3 N–H and O–H groups in total. The summed E-state index contributed by atoms with van der Waals surface area (Å²) in [5, 5.41) is 8.12. The predicted octanol–water partition coefficient (Wildman–Crippen LogP) is 1.53. The molecule has 10 heteroatoms. The molecular formula is C14H22N4O5S. The van der Waals surface area contributed by atoms with Gasteiger partial charge in [-0.05, 0) is 27.7 Å². The average molecular weight is 358 g/mol. The van der Waals surface area contributed by atoms with E-state index in [1.54, 1.807) is 33.1 Å². The van der Waals surface area contributed by atoms with Gasteiger partial charge < -0.3 is 25.4 Å². The molecule has 0 bridgehead atoms. The van der Waals surface area contributed by atoms with Crippen molar-refractivity contribution in [3.8, 4) is 0 Å². The second-order valence-corrected chi connectivity index (χ2v) is 6.38. The number of nitrogens with one attached hydrogen (secondary N) is 1. The zero-order valence-corrected chi connectivity index (χ0v) is 14.9. The first-order valence-electron chi connectivity index (χ1n) is 7.28. The van der Waals surface area contributed by atoms with Crippen molar-refractivity contribution in [2.75, 3.05) is 25.5 Å². The minimum Gasteiger partial charge on any atom is -0.461 e. The lowest BCUT2D eigenvalue weighted by molar-refractivity contribution is -0.135. The third-order valence-electron chi connectivity index (χ3n) is 2.25. The lowest BCUT2D eigenvalue weighted by Gasteiger charge is -2.19. The number of thiazole rings is 1. The summed E-state index contributed by atoms with van der Waals surface area (Å²) in [5.74, 6) is -0.664. The molecule has 24 heavy (non-hydrogen) atoms. The molecule has 0 unspecified atom stereocenters. The van der Waals surface area contributed by atoms with Crippen LogP contribution in [0, 0.1) is 0 Å². The molecule has 0 aliphatic carbocycles. The largest absolute Gasteiger partial charge is 0.461 e. The van der Waals surface area contributed by atoms with Crippen LogP contribution >= 0.6 is 11.3 Å². The van der Waals surface area contributed by atoms with Crippen LogP contribution < -0.4 is 11.1 Å². The maximum Gasteiger partial charge on any atom is 0.407 e. The van der Waals surface area contributed by atoms with Gasteiger partial charge in [-0.15, -0.1) is 11.3 Å². The van der Waals surface area contributed by atoms with Crippen LogP contribution in [0.25, 0.3) is 0 Å². The van der Waals surface area contributed by atoms with Crippen molar-refractivity contribution in [1.82, 2.24) is 10.3 Å². The zero-order valence-electron chi connectivity index (χ0n) is 14.1. The summed E-state index contributed by atoms with van der Waals surface area (Å²) in [5.41, 5.74) is 5.16. The summed E-state index contributed by atoms with van der Waals surface area (Å²) in [6.07, 6.45) is -0.562. The van der Waals surface area contributed by atoms with Crippen LogP contribution in [0.1, 0.15) is 33.4 Å². The van der Waals surface area contributed by atoms with Gasteiger partial charge in [-0.1, -0.05) is 5.16 Å². The highest BCUT2D eigenvalue weighted by atomic mass is 32.1. The molecule has 1 heterocycles. The molecule has 1 rings (SSSR count). The number of hydrogen-bond donors (Lipinski definition) is 2. The topological polar surface area (TPSA) is 125 Å². The first kappa shape index (κ1) is 19.7. The van der Waals surface area contributed by atoms with E-state index in [9.17, 15) is 9.59 Å². The van der Waals surface area contributed by atoms with Crippen LogP contribution in [0.5, 0.6) is 0 Å². The summed E-state index contributed by atoms with van der Waals surface area (Å²) in [4.78, 5) is 32.4. The molecule has 0 aliphatic heterocycles. The van der Waals surface area contributed by atoms with E-state index in [1.807, 2.05) is 0 Å². The smallest absolute Gasteiger partial charge is 0.407 e. The van der Waals surface area contributed by atoms with Crippen molar-refractivity contribution in [1.29, 1.82) is 0 Å². The second kappa shape index (κ2) is 9.06. The van der Waals surface area contributed by atoms with E-state index in [0.29, 0.717) is 5.13 Å². The number of ether oxygens (including phenoxy) is 2. The van der Waals surface area contributed by atoms with Gasteiger partial charge in [0.25, 0.3) is 0 Å². The molecule has 1 aromatic rings. The van der Waals surface area contributed by atoms with Gasteiger partial charge in [0.05, 0.1) is 13.2 Å². The Morgan fingerprint density at radius 2 is 2.12 bits per heavy atom. The number of aromatic nitrogens is 1. The van der Waals surface area contributed by atoms with Gasteiger partial charge in [-0.2, -0.15) is 0 Å². The number of rotatable bonds is 7. The van der Waals surface area contributed by atoms with E-state index in [2.05, 4.69) is 15.5 Å². The third kappa shape index (κ3) is 7.27. The van der Waals surface area contributed by atoms with Crippen molar-refractivity contribution >= 4 is 34.2 Å². The number of hydrogen-bond acceptors (Lipinski definition) is 9. The number of carbonyl (C=O) groups excluding carboxylic acids is 2. The molecule has 1 amide bonds. The molecule has 0 atom stereocenters. The first-order valence-corrected chi connectivity index (χ1v) is 8.16. The van der Waals surface area contributed by atoms with E-state index in [-0.39, 0.29) is 31.2 Å². The molecule has 0 radical (unpaired) electrons. The Hall–Kier alpha value is -2.36. The fourth-order valence-electron chi connectivity index (χ4n) is 1.41. The fraction of sp³-hybridized carbons (Fsp3) is 0.571. The summed E-state index contributed by atoms with van der Waals surface area (Å²) >= 11 is 1.17. The average Bonchev–Trinajstić information content (AvgIpc) is 2.87. The van der Waals surface area contributed by atoms with Gasteiger partial charge >= 0.3 is 12.1 Å². The second-order valence-electron chi connectivity index (χ2n) is 5.49. The number of nitrogen functional groups attached to an aromatic ring is 1. The lowest BCUT2D eigenvalue weighted by atomic mass is 10.2. The van der Waals surface area contributed by atoms with Crippen molar-refractivity contribution in [3.05, 3.63) is 11.1 Å². The van der Waals surface area contributed by atoms with E-state index >= 15 is 0 Å². The summed E-state index contributed by atoms with van der Waals surface area (Å²) in [6.45, 7) is 7.36. The van der Waals surface area contributed by atoms with Gasteiger partial charge in [0, 0.05) is 5.38 Å². The minimum atomic E-state index is -0.664. The molecule has 9 nitrogen and oxygen atoms in total. The number of nitrogens with two attached hydrogens (primary N) is 1. The monoisotopic (exact) mass is 358 g/mol. The number of carbonyl (C=O) groups is 2. The Bertz CT molecular complexity index is 594. The van der Waals surface area contributed by atoms with E-state index < -0.39 is 17.7 Å². The van der Waals surface area contributed by atoms with Gasteiger partial charge in [0.1, 0.15) is 17.9 Å². The molecule has 0 spiro atoms. The van der Waals surface area contributed by atoms with Crippen molar-refractivity contribution < 1.29 is 23.9 Å². The number of nitrogens with zero attached hydrogens (tertiary/aromatic N) is 2. The van der Waals surface area contributed by atoms with Gasteiger partial charge in [-0.3, -0.25) is 0 Å². The summed E-state index contributed by atoms with van der Waals surface area (Å²) in [6, 6.07) is 0. The summed E-state index contributed by atoms with van der Waals surface area (Å²) < 4.78 is 9.97. The van der Waals surface area contributed by atoms with Crippen LogP contribution in [0.3, 0.4) is 0 Å². The minimum absolute atomic E-state index is 0.0434. The van der Waals surface area contributed by atoms with Crippen LogP contribution in [0.15, 0.2) is 10.5 Å². The Morgan fingerprint density at radius 1 is 1.42 bits per heavy atom. The quantitative estimate of drug-likeness (QED) is 0.328. The van der Waals surface area contributed by atoms with Gasteiger partial charge in [0.2, 0.25) is 5.71 Å². The molecule has 1 aromatic heterocycles. The van der Waals surface area contributed by atoms with Gasteiger partial charge in [0.15, 0.2) is 5.13 Å². The lowest BCUT2D eigenvalue weighted by Crippen LogP contribution is -2.34. The van der Waals surface area contributed by atoms with Gasteiger partial charge in [-0.25, -0.2) is 14.6 Å². The number of anilines is 1. The highest BCUT2D eigenvalue weighted by Crippen LogP contribution is 2.13. The maximum absolute atomic E-state index is 11.9. The fourth-order valence-corrected chi connectivity index (χ4v) is 1.96. The maximum atomic E-state index is 11.9. The van der Waals surface area contributed by atoms with E-state index in [1.165, 1.54) is 11.3 Å². The molecule has 0 fully saturated rings. The van der Waals surface area contributed by atoms with Crippen molar-refractivity contribution in [3.63, 3.8) is 0 Å². The van der Waals surface area contributed by atoms with E-state index in [4.69, 9.17) is 20.0 Å². The molecule has 134 valence electrons. The Kier molecular flexibility index (Phi) is 7.43. The highest BCUT2D eigenvalue weighted by molar-refractivity contribution is 7.13. The first-order chi connectivity index (χ1) is 11.2. The highest BCUT2D eigenvalue weighted by Gasteiger charge is 2.20. The number of esters is 1. The summed E-state index contributed by atoms with van der Waals surface area (Å²) in [7, 11) is 0. The molecular weight excluding hydrogens is 336 g/mol. The van der Waals surface area contributed by atoms with Crippen LogP contribution in [-0.2, 0) is 19.1 Å². The normalized spacial score (nSPS) is 11.8. The van der Waals surface area contributed by atoms with Crippen LogP contribution in [0.4, 0.5) is 9.93 Å². The Morgan fingerprint density at radius 3 is 2.67 bits per heavy atom. The standard InChI is InChI=1S/C14H22N4O5S/c1-5-21-11(19)10(9-8-24-12(15)17-9)18-22-7-6-16-13(20)23-14(2,3)4/h8H,5-7H2,1-4H3,(H2,15,17)(H,16,20)/b18-10-. The van der Waals surface area contributed by atoms with Crippen LogP contribution in [0.2, 0.25) is 0 Å². The zero-order chi connectivity index (χ0) is 18.2. The van der Waals surface area contributed by atoms with Crippen molar-refractivity contribution in [2.45, 2.75) is 33.3 Å². The van der Waals surface area contributed by atoms with Crippen LogP contribution in [-0.4, -0.2) is 48.1 Å².